The number of hydrogen-bond acceptors (Lipinski definition) is 6. The molecule has 1 atom stereocenters. The van der Waals surface area contributed by atoms with Gasteiger partial charge in [-0.05, 0) is 43.4 Å². The summed E-state index contributed by atoms with van der Waals surface area (Å²) < 4.78 is 15.8. The summed E-state index contributed by atoms with van der Waals surface area (Å²) in [6.45, 7) is 2.20. The van der Waals surface area contributed by atoms with Crippen LogP contribution in [0.15, 0.2) is 28.6 Å². The van der Waals surface area contributed by atoms with Gasteiger partial charge in [-0.2, -0.15) is 5.26 Å². The third kappa shape index (κ3) is 4.63. The number of carbonyl (C=O) groups excluding carboxylic acids is 1. The lowest BCUT2D eigenvalue weighted by Gasteiger charge is -2.19. The van der Waals surface area contributed by atoms with Gasteiger partial charge in [0.25, 0.3) is 0 Å². The van der Waals surface area contributed by atoms with Gasteiger partial charge in [0.2, 0.25) is 5.91 Å². The molecule has 0 fully saturated rings. The lowest BCUT2D eigenvalue weighted by molar-refractivity contribution is -0.128. The number of rotatable bonds is 6. The van der Waals surface area contributed by atoms with E-state index < -0.39 is 0 Å². The van der Waals surface area contributed by atoms with Crippen LogP contribution < -0.4 is 0 Å². The molecule has 0 radical (unpaired) electrons. The molecule has 1 heterocycles. The highest BCUT2D eigenvalue weighted by molar-refractivity contribution is 8.02. The zero-order chi connectivity index (χ0) is 17.7. The maximum Gasteiger partial charge on any atom is 0.235 e. The number of aromatic nitrogens is 2. The zero-order valence-electron chi connectivity index (χ0n) is 13.1. The van der Waals surface area contributed by atoms with Crippen LogP contribution in [0.1, 0.15) is 13.3 Å². The molecule has 0 aliphatic carbocycles. The molecular formula is C15H15FN4OS3. The predicted octanol–water partition coefficient (Wildman–Crippen LogP) is 3.66. The molecule has 2 aromatic rings. The first-order valence-corrected chi connectivity index (χ1v) is 9.17. The molecule has 0 aliphatic heterocycles. The van der Waals surface area contributed by atoms with E-state index in [0.29, 0.717) is 26.9 Å². The van der Waals surface area contributed by atoms with Crippen LogP contribution >= 0.6 is 35.3 Å². The average Bonchev–Trinajstić information content (AvgIpc) is 2.92. The number of nitriles is 1. The maximum atomic E-state index is 13.0. The average molecular weight is 383 g/mol. The fraction of sp³-hybridized carbons (Fsp3) is 0.333. The van der Waals surface area contributed by atoms with Crippen LogP contribution in [0, 0.1) is 21.1 Å². The zero-order valence-corrected chi connectivity index (χ0v) is 15.6. The Bertz CT molecular complexity index is 809. The first kappa shape index (κ1) is 18.6. The van der Waals surface area contributed by atoms with E-state index >= 15 is 0 Å². The summed E-state index contributed by atoms with van der Waals surface area (Å²) in [6, 6.07) is 7.92. The topological polar surface area (TPSA) is 61.9 Å². The molecule has 2 rings (SSSR count). The van der Waals surface area contributed by atoms with E-state index in [9.17, 15) is 9.18 Å². The van der Waals surface area contributed by atoms with E-state index in [0.717, 1.165) is 0 Å². The van der Waals surface area contributed by atoms with Gasteiger partial charge < -0.3 is 4.90 Å². The SMILES string of the molecule is C[C@H](Sc1nn(-c2ccc(F)cc2)c(=S)s1)C(=O)N(C)CCC#N. The summed E-state index contributed by atoms with van der Waals surface area (Å²) in [6.07, 6.45) is 0.303. The monoisotopic (exact) mass is 382 g/mol. The highest BCUT2D eigenvalue weighted by Crippen LogP contribution is 2.28. The smallest absolute Gasteiger partial charge is 0.235 e. The molecule has 5 nitrogen and oxygen atoms in total. The molecule has 1 amide bonds. The largest absolute Gasteiger partial charge is 0.344 e. The Hall–Kier alpha value is -1.76. The number of halogens is 1. The van der Waals surface area contributed by atoms with Gasteiger partial charge in [-0.15, -0.1) is 5.10 Å². The Kier molecular flexibility index (Phi) is 6.48. The Morgan fingerprint density at radius 3 is 2.83 bits per heavy atom. The van der Waals surface area contributed by atoms with Crippen LogP contribution in [0.25, 0.3) is 5.69 Å². The van der Waals surface area contributed by atoms with Crippen LogP contribution in [-0.2, 0) is 4.79 Å². The van der Waals surface area contributed by atoms with Gasteiger partial charge in [-0.3, -0.25) is 4.79 Å². The summed E-state index contributed by atoms with van der Waals surface area (Å²) in [5.74, 6) is -0.389. The van der Waals surface area contributed by atoms with Crippen LogP contribution in [0.5, 0.6) is 0 Å². The second kappa shape index (κ2) is 8.37. The summed E-state index contributed by atoms with van der Waals surface area (Å²) in [5.41, 5.74) is 0.676. The Morgan fingerprint density at radius 2 is 2.21 bits per heavy atom. The van der Waals surface area contributed by atoms with Crippen molar-refractivity contribution in [2.24, 2.45) is 0 Å². The predicted molar refractivity (Wildman–Crippen MR) is 95.4 cm³/mol. The maximum absolute atomic E-state index is 13.0. The van der Waals surface area contributed by atoms with Gasteiger partial charge in [0, 0.05) is 13.6 Å². The second-order valence-electron chi connectivity index (χ2n) is 4.95. The van der Waals surface area contributed by atoms with Crippen molar-refractivity contribution in [3.63, 3.8) is 0 Å². The summed E-state index contributed by atoms with van der Waals surface area (Å²) >= 11 is 7.92. The molecule has 0 unspecified atom stereocenters. The molecule has 1 aromatic carbocycles. The van der Waals surface area contributed by atoms with Crippen molar-refractivity contribution in [1.82, 2.24) is 14.7 Å². The van der Waals surface area contributed by atoms with Crippen molar-refractivity contribution < 1.29 is 9.18 Å². The number of thioether (sulfide) groups is 1. The minimum absolute atomic E-state index is 0.0651. The molecule has 9 heteroatoms. The van der Waals surface area contributed by atoms with Gasteiger partial charge in [-0.25, -0.2) is 9.07 Å². The fourth-order valence-electron chi connectivity index (χ4n) is 1.89. The third-order valence-corrected chi connectivity index (χ3v) is 5.56. The van der Waals surface area contributed by atoms with E-state index in [-0.39, 0.29) is 17.0 Å². The first-order valence-electron chi connectivity index (χ1n) is 7.07. The van der Waals surface area contributed by atoms with Crippen molar-refractivity contribution in [3.8, 4) is 11.8 Å². The van der Waals surface area contributed by atoms with Crippen LogP contribution in [0.3, 0.4) is 0 Å². The van der Waals surface area contributed by atoms with Crippen molar-refractivity contribution in [1.29, 1.82) is 5.26 Å². The number of benzene rings is 1. The van der Waals surface area contributed by atoms with Gasteiger partial charge >= 0.3 is 0 Å². The minimum Gasteiger partial charge on any atom is -0.344 e. The van der Waals surface area contributed by atoms with E-state index in [4.69, 9.17) is 17.5 Å². The molecule has 0 spiro atoms. The lowest BCUT2D eigenvalue weighted by atomic mass is 10.3. The number of amides is 1. The normalized spacial score (nSPS) is 11.8. The van der Waals surface area contributed by atoms with Crippen molar-refractivity contribution >= 4 is 41.2 Å². The highest BCUT2D eigenvalue weighted by Gasteiger charge is 2.20. The third-order valence-electron chi connectivity index (χ3n) is 3.16. The van der Waals surface area contributed by atoms with Crippen LogP contribution in [0.4, 0.5) is 4.39 Å². The molecule has 126 valence electrons. The highest BCUT2D eigenvalue weighted by atomic mass is 32.2. The molecule has 0 N–H and O–H groups in total. The van der Waals surface area contributed by atoms with E-state index in [1.807, 2.05) is 6.07 Å². The molecule has 0 saturated heterocycles. The van der Waals surface area contributed by atoms with E-state index in [2.05, 4.69) is 5.10 Å². The number of hydrogen-bond donors (Lipinski definition) is 0. The molecule has 0 bridgehead atoms. The van der Waals surface area contributed by atoms with Crippen LogP contribution in [-0.4, -0.2) is 39.4 Å². The first-order chi connectivity index (χ1) is 11.4. The van der Waals surface area contributed by atoms with Gasteiger partial charge in [0.1, 0.15) is 5.82 Å². The van der Waals surface area contributed by atoms with Gasteiger partial charge in [-0.1, -0.05) is 23.1 Å². The van der Waals surface area contributed by atoms with E-state index in [1.54, 1.807) is 30.8 Å². The second-order valence-corrected chi connectivity index (χ2v) is 8.16. The van der Waals surface area contributed by atoms with Crippen LogP contribution in [0.2, 0.25) is 0 Å². The minimum atomic E-state index is -0.337. The number of nitrogens with zero attached hydrogens (tertiary/aromatic N) is 4. The Balaban J connectivity index is 2.10. The molecule has 1 aromatic heterocycles. The van der Waals surface area contributed by atoms with E-state index in [1.165, 1.54) is 40.1 Å². The quantitative estimate of drug-likeness (QED) is 0.564. The van der Waals surface area contributed by atoms with Gasteiger partial charge in [0.15, 0.2) is 8.29 Å². The number of carbonyl (C=O) groups is 1. The summed E-state index contributed by atoms with van der Waals surface area (Å²) in [4.78, 5) is 13.8. The van der Waals surface area contributed by atoms with Crippen molar-refractivity contribution in [3.05, 3.63) is 34.0 Å². The summed E-state index contributed by atoms with van der Waals surface area (Å²) in [7, 11) is 1.68. The molecule has 0 saturated carbocycles. The van der Waals surface area contributed by atoms with Gasteiger partial charge in [0.05, 0.1) is 23.4 Å². The lowest BCUT2D eigenvalue weighted by Crippen LogP contribution is -2.33. The molecule has 0 aliphatic rings. The van der Waals surface area contributed by atoms with Crippen molar-refractivity contribution in [2.75, 3.05) is 13.6 Å². The molecule has 24 heavy (non-hydrogen) atoms. The summed E-state index contributed by atoms with van der Waals surface area (Å²) in [5, 5.41) is 12.7. The Morgan fingerprint density at radius 1 is 1.54 bits per heavy atom. The molecular weight excluding hydrogens is 367 g/mol. The fourth-order valence-corrected chi connectivity index (χ4v) is 4.51. The standard InChI is InChI=1S/C15H15FN4OS3/c1-10(13(21)19(2)9-3-8-17)23-14-18-20(15(22)24-14)12-6-4-11(16)5-7-12/h4-7,10H,3,9H2,1-2H3/t10-/m0/s1. The Labute approximate surface area is 152 Å². The van der Waals surface area contributed by atoms with Crippen molar-refractivity contribution in [2.45, 2.75) is 22.9 Å².